The number of nitrogens with one attached hydrogen (secondary N) is 2. The van der Waals surface area contributed by atoms with Crippen LogP contribution < -0.4 is 10.6 Å². The molecule has 2 N–H and O–H groups in total. The highest BCUT2D eigenvalue weighted by molar-refractivity contribution is 4.87. The zero-order valence-corrected chi connectivity index (χ0v) is 12.3. The maximum atomic E-state index is 3.67. The molecule has 2 fully saturated rings. The van der Waals surface area contributed by atoms with Gasteiger partial charge in [-0.25, -0.2) is 0 Å². The predicted molar refractivity (Wildman–Crippen MR) is 77.0 cm³/mol. The first kappa shape index (κ1) is 14.3. The first-order chi connectivity index (χ1) is 8.69. The molecule has 3 unspecified atom stereocenters. The van der Waals surface area contributed by atoms with Crippen molar-refractivity contribution in [3.63, 3.8) is 0 Å². The second-order valence-corrected chi connectivity index (χ2v) is 6.21. The summed E-state index contributed by atoms with van der Waals surface area (Å²) in [6, 6.07) is 1.32. The molecule has 4 nitrogen and oxygen atoms in total. The van der Waals surface area contributed by atoms with Crippen molar-refractivity contribution < 1.29 is 0 Å². The van der Waals surface area contributed by atoms with Crippen LogP contribution >= 0.6 is 0 Å². The molecule has 0 saturated carbocycles. The van der Waals surface area contributed by atoms with Crippen LogP contribution in [0.5, 0.6) is 0 Å². The third kappa shape index (κ3) is 3.92. The van der Waals surface area contributed by atoms with E-state index in [2.05, 4.69) is 41.6 Å². The maximum absolute atomic E-state index is 3.67. The molecule has 2 aliphatic rings. The van der Waals surface area contributed by atoms with Crippen molar-refractivity contribution >= 4 is 0 Å². The summed E-state index contributed by atoms with van der Waals surface area (Å²) in [5, 5.41) is 7.24. The van der Waals surface area contributed by atoms with Gasteiger partial charge in [-0.2, -0.15) is 0 Å². The van der Waals surface area contributed by atoms with Gasteiger partial charge in [-0.15, -0.1) is 0 Å². The number of hydrogen-bond donors (Lipinski definition) is 2. The molecule has 0 spiro atoms. The quantitative estimate of drug-likeness (QED) is 0.751. The third-order valence-electron chi connectivity index (χ3n) is 4.60. The van der Waals surface area contributed by atoms with Gasteiger partial charge < -0.3 is 20.4 Å². The predicted octanol–water partition coefficient (Wildman–Crippen LogP) is 0.210. The molecule has 0 aromatic rings. The lowest BCUT2D eigenvalue weighted by Crippen LogP contribution is -2.53. The monoisotopic (exact) mass is 254 g/mol. The number of rotatable bonds is 4. The minimum absolute atomic E-state index is 0.661. The summed E-state index contributed by atoms with van der Waals surface area (Å²) < 4.78 is 0. The normalized spacial score (nSPS) is 33.5. The summed E-state index contributed by atoms with van der Waals surface area (Å²) in [6.07, 6.45) is 4.01. The van der Waals surface area contributed by atoms with Gasteiger partial charge in [-0.05, 0) is 52.9 Å². The van der Waals surface area contributed by atoms with Crippen LogP contribution in [0.15, 0.2) is 0 Å². The molecule has 2 saturated heterocycles. The molecule has 18 heavy (non-hydrogen) atoms. The fourth-order valence-corrected chi connectivity index (χ4v) is 3.54. The van der Waals surface area contributed by atoms with E-state index in [0.29, 0.717) is 12.1 Å². The molecule has 4 heteroatoms. The van der Waals surface area contributed by atoms with Gasteiger partial charge in [0.15, 0.2) is 0 Å². The topological polar surface area (TPSA) is 30.5 Å². The minimum Gasteiger partial charge on any atom is -0.317 e. The molecular formula is C14H30N4. The first-order valence-corrected chi connectivity index (χ1v) is 7.46. The summed E-state index contributed by atoms with van der Waals surface area (Å²) in [4.78, 5) is 4.93. The van der Waals surface area contributed by atoms with E-state index in [9.17, 15) is 0 Å². The Bertz CT molecular complexity index is 246. The molecular weight excluding hydrogens is 224 g/mol. The highest BCUT2D eigenvalue weighted by Gasteiger charge is 2.28. The van der Waals surface area contributed by atoms with Gasteiger partial charge in [0, 0.05) is 38.3 Å². The molecule has 3 atom stereocenters. The van der Waals surface area contributed by atoms with Crippen molar-refractivity contribution in [1.82, 2.24) is 20.4 Å². The van der Waals surface area contributed by atoms with E-state index in [1.807, 2.05) is 0 Å². The van der Waals surface area contributed by atoms with Crippen molar-refractivity contribution in [2.75, 3.05) is 53.9 Å². The highest BCUT2D eigenvalue weighted by Crippen LogP contribution is 2.21. The zero-order valence-electron chi connectivity index (χ0n) is 12.3. The van der Waals surface area contributed by atoms with Crippen LogP contribution in [-0.2, 0) is 0 Å². The van der Waals surface area contributed by atoms with E-state index >= 15 is 0 Å². The lowest BCUT2D eigenvalue weighted by molar-refractivity contribution is 0.152. The Labute approximate surface area is 112 Å². The Morgan fingerprint density at radius 2 is 2.00 bits per heavy atom. The average Bonchev–Trinajstić information content (AvgIpc) is 2.36. The average molecular weight is 254 g/mol. The molecule has 2 aliphatic heterocycles. The van der Waals surface area contributed by atoms with Crippen molar-refractivity contribution in [3.8, 4) is 0 Å². The summed E-state index contributed by atoms with van der Waals surface area (Å²) in [7, 11) is 6.62. The molecule has 0 amide bonds. The van der Waals surface area contributed by atoms with E-state index in [4.69, 9.17) is 0 Å². The minimum atomic E-state index is 0.661. The van der Waals surface area contributed by atoms with E-state index in [1.54, 1.807) is 0 Å². The second kappa shape index (κ2) is 6.85. The second-order valence-electron chi connectivity index (χ2n) is 6.21. The molecule has 0 bridgehead atoms. The molecule has 0 aromatic carbocycles. The van der Waals surface area contributed by atoms with E-state index in [0.717, 1.165) is 12.5 Å². The van der Waals surface area contributed by atoms with Gasteiger partial charge in [0.25, 0.3) is 0 Å². The Morgan fingerprint density at radius 3 is 2.67 bits per heavy atom. The van der Waals surface area contributed by atoms with Gasteiger partial charge in [-0.1, -0.05) is 0 Å². The number of piperidine rings is 1. The molecule has 0 aromatic heterocycles. The lowest BCUT2D eigenvalue weighted by Gasteiger charge is -2.38. The number of nitrogens with zero attached hydrogens (tertiary/aromatic N) is 2. The van der Waals surface area contributed by atoms with Crippen molar-refractivity contribution in [2.45, 2.75) is 31.3 Å². The van der Waals surface area contributed by atoms with Crippen LogP contribution in [0, 0.1) is 5.92 Å². The number of likely N-dealkylation sites (tertiary alicyclic amines) is 1. The number of piperazine rings is 1. The zero-order chi connectivity index (χ0) is 13.0. The van der Waals surface area contributed by atoms with Crippen molar-refractivity contribution in [1.29, 1.82) is 0 Å². The fraction of sp³-hybridized carbons (Fsp3) is 1.00. The summed E-state index contributed by atoms with van der Waals surface area (Å²) in [5.74, 6) is 0.822. The van der Waals surface area contributed by atoms with Gasteiger partial charge in [0.1, 0.15) is 0 Å². The first-order valence-electron chi connectivity index (χ1n) is 7.46. The number of likely N-dealkylation sites (N-methyl/N-ethyl adjacent to an activating group) is 1. The SMILES string of the molecule is CNC(CC1CN(C)CCN1)C1CCCN(C)C1. The number of hydrogen-bond acceptors (Lipinski definition) is 4. The molecule has 2 heterocycles. The van der Waals surface area contributed by atoms with Gasteiger partial charge in [-0.3, -0.25) is 0 Å². The van der Waals surface area contributed by atoms with Gasteiger partial charge in [0.05, 0.1) is 0 Å². The van der Waals surface area contributed by atoms with Crippen molar-refractivity contribution in [3.05, 3.63) is 0 Å². The summed E-state index contributed by atoms with van der Waals surface area (Å²) >= 11 is 0. The Balaban J connectivity index is 1.84. The largest absolute Gasteiger partial charge is 0.317 e. The van der Waals surface area contributed by atoms with Crippen molar-refractivity contribution in [2.24, 2.45) is 5.92 Å². The Morgan fingerprint density at radius 1 is 1.22 bits per heavy atom. The van der Waals surface area contributed by atoms with Gasteiger partial charge in [0.2, 0.25) is 0 Å². The summed E-state index contributed by atoms with van der Waals surface area (Å²) in [6.45, 7) is 6.06. The molecule has 106 valence electrons. The van der Waals surface area contributed by atoms with Crippen LogP contribution in [0.2, 0.25) is 0 Å². The van der Waals surface area contributed by atoms with E-state index in [1.165, 1.54) is 45.4 Å². The maximum Gasteiger partial charge on any atom is 0.0210 e. The Hall–Kier alpha value is -0.160. The van der Waals surface area contributed by atoms with Gasteiger partial charge >= 0.3 is 0 Å². The standard InChI is InChI=1S/C14H30N4/c1-15-14(12-5-4-7-17(2)10-12)9-13-11-18(3)8-6-16-13/h12-16H,4-11H2,1-3H3. The smallest absolute Gasteiger partial charge is 0.0210 e. The van der Waals surface area contributed by atoms with Crippen LogP contribution in [0.4, 0.5) is 0 Å². The summed E-state index contributed by atoms with van der Waals surface area (Å²) in [5.41, 5.74) is 0. The van der Waals surface area contributed by atoms with Crippen LogP contribution in [0.1, 0.15) is 19.3 Å². The Kier molecular flexibility index (Phi) is 5.42. The van der Waals surface area contributed by atoms with E-state index < -0.39 is 0 Å². The molecule has 0 aliphatic carbocycles. The van der Waals surface area contributed by atoms with Crippen LogP contribution in [-0.4, -0.2) is 75.8 Å². The fourth-order valence-electron chi connectivity index (χ4n) is 3.54. The van der Waals surface area contributed by atoms with Crippen LogP contribution in [0.25, 0.3) is 0 Å². The lowest BCUT2D eigenvalue weighted by atomic mass is 9.87. The third-order valence-corrected chi connectivity index (χ3v) is 4.60. The molecule has 2 rings (SSSR count). The highest BCUT2D eigenvalue weighted by atomic mass is 15.2. The van der Waals surface area contributed by atoms with E-state index in [-0.39, 0.29) is 0 Å². The molecule has 0 radical (unpaired) electrons. The van der Waals surface area contributed by atoms with Crippen LogP contribution in [0.3, 0.4) is 0 Å².